The molecule has 0 radical (unpaired) electrons. The van der Waals surface area contributed by atoms with Gasteiger partial charge in [-0.3, -0.25) is 4.79 Å². The van der Waals surface area contributed by atoms with Gasteiger partial charge < -0.3 is 0 Å². The Hall–Kier alpha value is -2.42. The first-order valence-corrected chi connectivity index (χ1v) is 7.19. The molecule has 0 spiro atoms. The molecule has 0 aliphatic carbocycles. The summed E-state index contributed by atoms with van der Waals surface area (Å²) in [7, 11) is 0. The summed E-state index contributed by atoms with van der Waals surface area (Å²) in [6.45, 7) is 4.15. The highest BCUT2D eigenvalue weighted by Crippen LogP contribution is 2.09. The van der Waals surface area contributed by atoms with Gasteiger partial charge in [-0.1, -0.05) is 61.4 Å². The molecule has 3 nitrogen and oxygen atoms in total. The molecule has 2 aromatic rings. The molecule has 2 aromatic carbocycles. The van der Waals surface area contributed by atoms with Crippen LogP contribution >= 0.6 is 0 Å². The van der Waals surface area contributed by atoms with Crippen LogP contribution in [0.4, 0.5) is 0 Å². The van der Waals surface area contributed by atoms with E-state index in [0.29, 0.717) is 5.56 Å². The van der Waals surface area contributed by atoms with Crippen molar-refractivity contribution in [1.82, 2.24) is 5.43 Å². The molecule has 0 aliphatic rings. The van der Waals surface area contributed by atoms with E-state index >= 15 is 0 Å². The van der Waals surface area contributed by atoms with E-state index in [9.17, 15) is 4.79 Å². The average Bonchev–Trinajstić information content (AvgIpc) is 2.53. The van der Waals surface area contributed by atoms with Gasteiger partial charge >= 0.3 is 0 Å². The molecule has 2 rings (SSSR count). The summed E-state index contributed by atoms with van der Waals surface area (Å²) >= 11 is 0. The zero-order valence-corrected chi connectivity index (χ0v) is 12.5. The zero-order chi connectivity index (χ0) is 15.1. The first-order chi connectivity index (χ1) is 10.2. The summed E-state index contributed by atoms with van der Waals surface area (Å²) in [5.41, 5.74) is 6.43. The second kappa shape index (κ2) is 7.39. The molecule has 0 fully saturated rings. The van der Waals surface area contributed by atoms with Gasteiger partial charge in [-0.15, -0.1) is 0 Å². The van der Waals surface area contributed by atoms with E-state index in [4.69, 9.17) is 0 Å². The minimum atomic E-state index is -0.184. The third-order valence-corrected chi connectivity index (χ3v) is 3.20. The predicted octanol–water partition coefficient (Wildman–Crippen LogP) is 3.93. The summed E-state index contributed by atoms with van der Waals surface area (Å²) in [6, 6.07) is 17.3. The number of rotatable bonds is 5. The molecule has 0 unspecified atom stereocenters. The van der Waals surface area contributed by atoms with Crippen LogP contribution in [0, 0.1) is 6.92 Å². The van der Waals surface area contributed by atoms with E-state index in [0.717, 1.165) is 24.1 Å². The number of hydrogen-bond donors (Lipinski definition) is 1. The molecule has 0 aliphatic heterocycles. The number of carbonyl (C=O) groups excluding carboxylic acids is 1. The van der Waals surface area contributed by atoms with Crippen LogP contribution in [0.15, 0.2) is 59.7 Å². The SMILES string of the molecule is CCC/C(=N\NC(=O)c1ccccc1)c1ccc(C)cc1. The molecular formula is C18H20N2O. The lowest BCUT2D eigenvalue weighted by Crippen LogP contribution is -2.20. The quantitative estimate of drug-likeness (QED) is 0.654. The summed E-state index contributed by atoms with van der Waals surface area (Å²) in [6.07, 6.45) is 1.81. The Bertz CT molecular complexity index is 615. The molecule has 0 heterocycles. The van der Waals surface area contributed by atoms with Crippen molar-refractivity contribution in [2.45, 2.75) is 26.7 Å². The molecule has 1 N–H and O–H groups in total. The van der Waals surface area contributed by atoms with Gasteiger partial charge in [-0.05, 0) is 31.0 Å². The number of hydrazone groups is 1. The average molecular weight is 280 g/mol. The maximum absolute atomic E-state index is 12.0. The third-order valence-electron chi connectivity index (χ3n) is 3.20. The van der Waals surface area contributed by atoms with Crippen LogP contribution in [-0.2, 0) is 0 Å². The fourth-order valence-electron chi connectivity index (χ4n) is 2.02. The lowest BCUT2D eigenvalue weighted by atomic mass is 10.0. The molecule has 108 valence electrons. The molecule has 0 bridgehead atoms. The summed E-state index contributed by atoms with van der Waals surface area (Å²) in [5.74, 6) is -0.184. The van der Waals surface area contributed by atoms with Gasteiger partial charge in [0, 0.05) is 5.56 Å². The minimum Gasteiger partial charge on any atom is -0.267 e. The van der Waals surface area contributed by atoms with Crippen LogP contribution in [0.25, 0.3) is 0 Å². The van der Waals surface area contributed by atoms with Gasteiger partial charge in [0.05, 0.1) is 5.71 Å². The van der Waals surface area contributed by atoms with E-state index in [1.54, 1.807) is 12.1 Å². The van der Waals surface area contributed by atoms with Crippen LogP contribution in [0.2, 0.25) is 0 Å². The zero-order valence-electron chi connectivity index (χ0n) is 12.5. The number of nitrogens with zero attached hydrogens (tertiary/aromatic N) is 1. The Morgan fingerprint density at radius 2 is 1.67 bits per heavy atom. The van der Waals surface area contributed by atoms with Gasteiger partial charge in [0.25, 0.3) is 5.91 Å². The smallest absolute Gasteiger partial charge is 0.267 e. The maximum Gasteiger partial charge on any atom is 0.271 e. The first kappa shape index (κ1) is 15.0. The van der Waals surface area contributed by atoms with Crippen LogP contribution < -0.4 is 5.43 Å². The Morgan fingerprint density at radius 1 is 1.00 bits per heavy atom. The van der Waals surface area contributed by atoms with Crippen LogP contribution in [0.3, 0.4) is 0 Å². The highest BCUT2D eigenvalue weighted by Gasteiger charge is 2.06. The molecule has 3 heteroatoms. The van der Waals surface area contributed by atoms with E-state index in [1.165, 1.54) is 5.56 Å². The van der Waals surface area contributed by atoms with Crippen LogP contribution in [0.1, 0.15) is 41.3 Å². The number of carbonyl (C=O) groups is 1. The Kier molecular flexibility index (Phi) is 5.27. The number of amides is 1. The number of hydrogen-bond acceptors (Lipinski definition) is 2. The van der Waals surface area contributed by atoms with Crippen LogP contribution in [-0.4, -0.2) is 11.6 Å². The highest BCUT2D eigenvalue weighted by molar-refractivity contribution is 6.02. The third kappa shape index (κ3) is 4.28. The largest absolute Gasteiger partial charge is 0.271 e. The van der Waals surface area contributed by atoms with E-state index < -0.39 is 0 Å². The molecule has 0 aromatic heterocycles. The van der Waals surface area contributed by atoms with Crippen molar-refractivity contribution in [2.75, 3.05) is 0 Å². The number of nitrogens with one attached hydrogen (secondary N) is 1. The fourth-order valence-corrected chi connectivity index (χ4v) is 2.02. The van der Waals surface area contributed by atoms with E-state index in [2.05, 4.69) is 36.5 Å². The van der Waals surface area contributed by atoms with Crippen LogP contribution in [0.5, 0.6) is 0 Å². The van der Waals surface area contributed by atoms with Gasteiger partial charge in [0.15, 0.2) is 0 Å². The first-order valence-electron chi connectivity index (χ1n) is 7.19. The summed E-state index contributed by atoms with van der Waals surface area (Å²) in [4.78, 5) is 12.0. The van der Waals surface area contributed by atoms with Crippen molar-refractivity contribution in [2.24, 2.45) is 5.10 Å². The predicted molar refractivity (Wildman–Crippen MR) is 86.5 cm³/mol. The minimum absolute atomic E-state index is 0.184. The summed E-state index contributed by atoms with van der Waals surface area (Å²) < 4.78 is 0. The number of benzene rings is 2. The Morgan fingerprint density at radius 3 is 2.29 bits per heavy atom. The van der Waals surface area contributed by atoms with Crippen molar-refractivity contribution in [3.63, 3.8) is 0 Å². The lowest BCUT2D eigenvalue weighted by Gasteiger charge is -2.07. The monoisotopic (exact) mass is 280 g/mol. The van der Waals surface area contributed by atoms with Gasteiger partial charge in [0.2, 0.25) is 0 Å². The topological polar surface area (TPSA) is 41.5 Å². The molecule has 0 saturated heterocycles. The molecule has 1 amide bonds. The normalized spacial score (nSPS) is 11.2. The summed E-state index contributed by atoms with van der Waals surface area (Å²) in [5, 5.41) is 4.31. The molecule has 0 saturated carbocycles. The molecule has 0 atom stereocenters. The highest BCUT2D eigenvalue weighted by atomic mass is 16.2. The van der Waals surface area contributed by atoms with Crippen molar-refractivity contribution in [1.29, 1.82) is 0 Å². The fraction of sp³-hybridized carbons (Fsp3) is 0.222. The van der Waals surface area contributed by atoms with Gasteiger partial charge in [0.1, 0.15) is 0 Å². The lowest BCUT2D eigenvalue weighted by molar-refractivity contribution is 0.0955. The second-order valence-electron chi connectivity index (χ2n) is 4.98. The standard InChI is InChI=1S/C18H20N2O/c1-3-7-17(15-12-10-14(2)11-13-15)19-20-18(21)16-8-5-4-6-9-16/h4-6,8-13H,3,7H2,1-2H3,(H,20,21)/b19-17+. The Labute approximate surface area is 125 Å². The molecular weight excluding hydrogens is 260 g/mol. The van der Waals surface area contributed by atoms with E-state index in [1.807, 2.05) is 30.3 Å². The van der Waals surface area contributed by atoms with Crippen molar-refractivity contribution in [3.05, 3.63) is 71.3 Å². The second-order valence-corrected chi connectivity index (χ2v) is 4.98. The van der Waals surface area contributed by atoms with E-state index in [-0.39, 0.29) is 5.91 Å². The molecule has 21 heavy (non-hydrogen) atoms. The van der Waals surface area contributed by atoms with Gasteiger partial charge in [-0.25, -0.2) is 5.43 Å². The van der Waals surface area contributed by atoms with Crippen molar-refractivity contribution >= 4 is 11.6 Å². The van der Waals surface area contributed by atoms with Crippen molar-refractivity contribution < 1.29 is 4.79 Å². The Balaban J connectivity index is 2.14. The number of aryl methyl sites for hydroxylation is 1. The van der Waals surface area contributed by atoms with Gasteiger partial charge in [-0.2, -0.15) is 5.10 Å². The van der Waals surface area contributed by atoms with Crippen molar-refractivity contribution in [3.8, 4) is 0 Å². The maximum atomic E-state index is 12.0.